The van der Waals surface area contributed by atoms with Crippen molar-refractivity contribution in [2.75, 3.05) is 5.73 Å². The predicted molar refractivity (Wildman–Crippen MR) is 65.6 cm³/mol. The van der Waals surface area contributed by atoms with E-state index in [1.807, 2.05) is 0 Å². The zero-order chi connectivity index (χ0) is 14.0. The molecule has 9 nitrogen and oxygen atoms in total. The van der Waals surface area contributed by atoms with Crippen LogP contribution in [-0.4, -0.2) is 22.9 Å². The number of benzene rings is 1. The quantitative estimate of drug-likeness (QED) is 0.428. The largest absolute Gasteiger partial charge is 0.399 e. The minimum Gasteiger partial charge on any atom is -0.399 e. The van der Waals surface area contributed by atoms with Crippen LogP contribution in [0.1, 0.15) is 0 Å². The Kier molecular flexibility index (Phi) is 3.19. The first-order valence-corrected chi connectivity index (χ1v) is 6.37. The van der Waals surface area contributed by atoms with Gasteiger partial charge in [-0.2, -0.15) is 8.42 Å². The van der Waals surface area contributed by atoms with Crippen molar-refractivity contribution in [2.45, 2.75) is 4.90 Å². The van der Waals surface area contributed by atoms with Crippen LogP contribution in [0.3, 0.4) is 0 Å². The molecule has 0 saturated heterocycles. The molecule has 0 atom stereocenters. The molecule has 0 bridgehead atoms. The van der Waals surface area contributed by atoms with Crippen LogP contribution >= 0.6 is 0 Å². The van der Waals surface area contributed by atoms with Crippen molar-refractivity contribution in [1.29, 1.82) is 0 Å². The van der Waals surface area contributed by atoms with E-state index in [1.54, 1.807) is 0 Å². The lowest BCUT2D eigenvalue weighted by atomic mass is 10.3. The van der Waals surface area contributed by atoms with Crippen molar-refractivity contribution in [2.24, 2.45) is 10.3 Å². The number of nitrogen functional groups attached to an aromatic ring is 1. The minimum atomic E-state index is -4.49. The summed E-state index contributed by atoms with van der Waals surface area (Å²) in [6.45, 7) is 0. The van der Waals surface area contributed by atoms with Crippen LogP contribution in [0.2, 0.25) is 0 Å². The van der Waals surface area contributed by atoms with Gasteiger partial charge in [-0.05, 0) is 23.4 Å². The number of hydrogen-bond acceptors (Lipinski definition) is 6. The average molecular weight is 283 g/mol. The number of H-pyrrole nitrogens is 1. The Hall–Kier alpha value is -2.46. The topological polar surface area (TPSA) is 143 Å². The van der Waals surface area contributed by atoms with Crippen molar-refractivity contribution in [3.05, 3.63) is 40.8 Å². The highest BCUT2D eigenvalue weighted by molar-refractivity contribution is 7.86. The molecule has 100 valence electrons. The highest BCUT2D eigenvalue weighted by Crippen LogP contribution is 2.26. The number of nitrogens with one attached hydrogen (secondary N) is 1. The van der Waals surface area contributed by atoms with Crippen LogP contribution in [0.15, 0.2) is 50.5 Å². The molecule has 1 aromatic heterocycles. The maximum atomic E-state index is 11.2. The summed E-state index contributed by atoms with van der Waals surface area (Å²) >= 11 is 0. The number of hydrogen-bond donors (Lipinski definition) is 3. The van der Waals surface area contributed by atoms with Gasteiger partial charge in [0.05, 0.1) is 0 Å². The molecule has 2 rings (SSSR count). The van der Waals surface area contributed by atoms with Gasteiger partial charge in [0.15, 0.2) is 0 Å². The van der Waals surface area contributed by atoms with Crippen LogP contribution in [0, 0.1) is 0 Å². The van der Waals surface area contributed by atoms with Gasteiger partial charge in [-0.25, -0.2) is 0 Å². The third-order valence-corrected chi connectivity index (χ3v) is 3.02. The van der Waals surface area contributed by atoms with Crippen LogP contribution in [0.5, 0.6) is 0 Å². The second-order valence-corrected chi connectivity index (χ2v) is 4.89. The molecule has 0 aliphatic rings. The van der Waals surface area contributed by atoms with Gasteiger partial charge in [0.2, 0.25) is 0 Å². The normalized spacial score (nSPS) is 12.1. The van der Waals surface area contributed by atoms with Gasteiger partial charge in [-0.15, -0.1) is 9.91 Å². The molecular formula is C9H9N5O4S. The molecule has 4 N–H and O–H groups in total. The van der Waals surface area contributed by atoms with Crippen molar-refractivity contribution >= 4 is 21.5 Å². The third kappa shape index (κ3) is 2.86. The first-order chi connectivity index (χ1) is 8.88. The fourth-order valence-electron chi connectivity index (χ4n) is 1.30. The summed E-state index contributed by atoms with van der Waals surface area (Å²) < 4.78 is 31.4. The van der Waals surface area contributed by atoms with E-state index in [9.17, 15) is 13.2 Å². The van der Waals surface area contributed by atoms with Crippen molar-refractivity contribution in [3.8, 4) is 0 Å². The molecule has 19 heavy (non-hydrogen) atoms. The van der Waals surface area contributed by atoms with Crippen molar-refractivity contribution in [3.63, 3.8) is 0 Å². The highest BCUT2D eigenvalue weighted by Gasteiger charge is 2.16. The number of anilines is 1. The van der Waals surface area contributed by atoms with Gasteiger partial charge in [-0.3, -0.25) is 14.4 Å². The second kappa shape index (κ2) is 4.66. The predicted octanol–water partition coefficient (Wildman–Crippen LogP) is 0.552. The van der Waals surface area contributed by atoms with Gasteiger partial charge in [0.25, 0.3) is 15.7 Å². The molecule has 0 amide bonds. The summed E-state index contributed by atoms with van der Waals surface area (Å²) in [7, 11) is -4.49. The van der Waals surface area contributed by atoms with E-state index in [0.717, 1.165) is 10.9 Å². The zero-order valence-electron chi connectivity index (χ0n) is 9.39. The Balaban J connectivity index is 2.50. The molecule has 2 aromatic rings. The van der Waals surface area contributed by atoms with Gasteiger partial charge in [-0.1, -0.05) is 0 Å². The van der Waals surface area contributed by atoms with Gasteiger partial charge < -0.3 is 5.73 Å². The molecule has 1 aromatic carbocycles. The smallest absolute Gasteiger partial charge is 0.296 e. The lowest BCUT2D eigenvalue weighted by molar-refractivity contribution is 0.483. The second-order valence-electron chi connectivity index (χ2n) is 3.50. The fraction of sp³-hybridized carbons (Fsp3) is 0. The molecule has 0 fully saturated rings. The minimum absolute atomic E-state index is 0.141. The molecular weight excluding hydrogens is 274 g/mol. The van der Waals surface area contributed by atoms with E-state index in [4.69, 9.17) is 10.3 Å². The van der Waals surface area contributed by atoms with E-state index in [-0.39, 0.29) is 11.4 Å². The van der Waals surface area contributed by atoms with E-state index < -0.39 is 20.6 Å². The number of nitrogens with zero attached hydrogens (tertiary/aromatic N) is 3. The van der Waals surface area contributed by atoms with E-state index >= 15 is 0 Å². The number of rotatable bonds is 3. The standard InChI is InChI=1S/C9H9N5O4S/c10-6-1-2-7(8(5-6)19(16,17)18)12-13-14-9(15)3-4-11-14/h1-5,11H,10H2,(H,16,17,18). The lowest BCUT2D eigenvalue weighted by Gasteiger charge is -2.02. The molecule has 0 unspecified atom stereocenters. The van der Waals surface area contributed by atoms with Gasteiger partial charge in [0, 0.05) is 18.0 Å². The summed E-state index contributed by atoms with van der Waals surface area (Å²) in [5, 5.41) is 9.53. The summed E-state index contributed by atoms with van der Waals surface area (Å²) in [5.74, 6) is 0. The van der Waals surface area contributed by atoms with Gasteiger partial charge >= 0.3 is 0 Å². The molecule has 0 aliphatic heterocycles. The highest BCUT2D eigenvalue weighted by atomic mass is 32.2. The Labute approximate surface area is 107 Å². The van der Waals surface area contributed by atoms with Crippen LogP contribution < -0.4 is 11.3 Å². The summed E-state index contributed by atoms with van der Waals surface area (Å²) in [5.41, 5.74) is 4.97. The number of aromatic amines is 1. The summed E-state index contributed by atoms with van der Waals surface area (Å²) in [6, 6.07) is 4.91. The van der Waals surface area contributed by atoms with Crippen LogP contribution in [0.4, 0.5) is 11.4 Å². The Morgan fingerprint density at radius 1 is 1.32 bits per heavy atom. The van der Waals surface area contributed by atoms with E-state index in [2.05, 4.69) is 15.4 Å². The van der Waals surface area contributed by atoms with Crippen molar-refractivity contribution in [1.82, 2.24) is 9.89 Å². The Morgan fingerprint density at radius 2 is 2.05 bits per heavy atom. The zero-order valence-corrected chi connectivity index (χ0v) is 10.2. The molecule has 0 radical (unpaired) electrons. The molecule has 0 spiro atoms. The van der Waals surface area contributed by atoms with Gasteiger partial charge in [0.1, 0.15) is 10.6 Å². The maximum Gasteiger partial charge on any atom is 0.296 e. The fourth-order valence-corrected chi connectivity index (χ4v) is 1.95. The Bertz CT molecular complexity index is 789. The average Bonchev–Trinajstić information content (AvgIpc) is 2.72. The number of aromatic nitrogens is 2. The number of nitrogens with two attached hydrogens (primary N) is 1. The molecule has 10 heteroatoms. The van der Waals surface area contributed by atoms with Crippen LogP contribution in [0.25, 0.3) is 0 Å². The third-order valence-electron chi connectivity index (χ3n) is 2.14. The maximum absolute atomic E-state index is 11.2. The van der Waals surface area contributed by atoms with Crippen molar-refractivity contribution < 1.29 is 13.0 Å². The first kappa shape index (κ1) is 13.0. The summed E-state index contributed by atoms with van der Waals surface area (Å²) in [4.78, 5) is 11.5. The molecule has 1 heterocycles. The Morgan fingerprint density at radius 3 is 2.63 bits per heavy atom. The first-order valence-electron chi connectivity index (χ1n) is 4.93. The summed E-state index contributed by atoms with van der Waals surface area (Å²) in [6.07, 6.45) is 1.34. The van der Waals surface area contributed by atoms with E-state index in [1.165, 1.54) is 24.4 Å². The monoisotopic (exact) mass is 283 g/mol. The molecule has 0 saturated carbocycles. The SMILES string of the molecule is Nc1ccc(N=Nn2[nH]ccc2=O)c(S(=O)(=O)O)c1. The molecule has 0 aliphatic carbocycles. The van der Waals surface area contributed by atoms with Crippen LogP contribution in [-0.2, 0) is 10.1 Å². The van der Waals surface area contributed by atoms with E-state index in [0.29, 0.717) is 0 Å². The lowest BCUT2D eigenvalue weighted by Crippen LogP contribution is -2.09.